The van der Waals surface area contributed by atoms with E-state index in [1.165, 1.54) is 6.08 Å². The molecule has 0 aromatic carbocycles. The highest BCUT2D eigenvalue weighted by atomic mass is 16.3. The van der Waals surface area contributed by atoms with Crippen LogP contribution in [0.3, 0.4) is 0 Å². The Morgan fingerprint density at radius 1 is 1.89 bits per heavy atom. The summed E-state index contributed by atoms with van der Waals surface area (Å²) in [6.07, 6.45) is 5.91. The lowest BCUT2D eigenvalue weighted by Gasteiger charge is -2.02. The number of aliphatic hydroxyl groups is 1. The number of rotatable bonds is 4. The maximum Gasteiger partial charge on any atom is 0.0843 e. The van der Waals surface area contributed by atoms with Crippen molar-refractivity contribution in [3.8, 4) is 12.3 Å². The maximum atomic E-state index is 8.84. The molecule has 50 valence electrons. The number of terminal acetylenes is 1. The van der Waals surface area contributed by atoms with Crippen LogP contribution in [0, 0.1) is 12.3 Å². The summed E-state index contributed by atoms with van der Waals surface area (Å²) in [4.78, 5) is 0. The average Bonchev–Trinajstić information content (AvgIpc) is 1.89. The van der Waals surface area contributed by atoms with Crippen molar-refractivity contribution < 1.29 is 5.11 Å². The van der Waals surface area contributed by atoms with Crippen molar-refractivity contribution in [3.63, 3.8) is 0 Å². The summed E-state index contributed by atoms with van der Waals surface area (Å²) in [5.74, 6) is 2.39. The lowest BCUT2D eigenvalue weighted by Crippen LogP contribution is -2.25. The van der Waals surface area contributed by atoms with Gasteiger partial charge in [0.25, 0.3) is 0 Å². The predicted molar refractivity (Wildman–Crippen MR) is 37.9 cm³/mol. The second kappa shape index (κ2) is 5.36. The molecule has 9 heavy (non-hydrogen) atoms. The molecule has 1 atom stereocenters. The molecule has 0 rings (SSSR count). The van der Waals surface area contributed by atoms with Crippen LogP contribution in [0.4, 0.5) is 0 Å². The second-order valence-electron chi connectivity index (χ2n) is 1.64. The van der Waals surface area contributed by atoms with E-state index < -0.39 is 6.10 Å². The summed E-state index contributed by atoms with van der Waals surface area (Å²) in [6.45, 7) is 4.37. The van der Waals surface area contributed by atoms with Crippen LogP contribution in [0.1, 0.15) is 0 Å². The zero-order valence-corrected chi connectivity index (χ0v) is 5.30. The molecule has 0 fully saturated rings. The maximum absolute atomic E-state index is 8.84. The van der Waals surface area contributed by atoms with Crippen LogP contribution in [0.5, 0.6) is 0 Å². The van der Waals surface area contributed by atoms with E-state index in [0.717, 1.165) is 0 Å². The van der Waals surface area contributed by atoms with Crippen LogP contribution in [0.2, 0.25) is 0 Å². The molecule has 0 aliphatic heterocycles. The van der Waals surface area contributed by atoms with Crippen molar-refractivity contribution >= 4 is 0 Å². The van der Waals surface area contributed by atoms with Gasteiger partial charge in [0.1, 0.15) is 0 Å². The van der Waals surface area contributed by atoms with Crippen LogP contribution in [0.25, 0.3) is 0 Å². The number of nitrogens with one attached hydrogen (secondary N) is 1. The Kier molecular flexibility index (Phi) is 4.89. The third kappa shape index (κ3) is 5.09. The van der Waals surface area contributed by atoms with E-state index in [1.807, 2.05) is 0 Å². The molecule has 1 unspecified atom stereocenters. The summed E-state index contributed by atoms with van der Waals surface area (Å²) in [7, 11) is 0. The first-order valence-corrected chi connectivity index (χ1v) is 2.76. The van der Waals surface area contributed by atoms with Gasteiger partial charge in [0.15, 0.2) is 0 Å². The summed E-state index contributed by atoms with van der Waals surface area (Å²) in [5.41, 5.74) is 0. The van der Waals surface area contributed by atoms with Gasteiger partial charge < -0.3 is 10.4 Å². The normalized spacial score (nSPS) is 12.0. The highest BCUT2D eigenvalue weighted by Gasteiger charge is 1.92. The Labute approximate surface area is 55.6 Å². The minimum Gasteiger partial charge on any atom is -0.388 e. The third-order valence-electron chi connectivity index (χ3n) is 0.853. The van der Waals surface area contributed by atoms with Gasteiger partial charge >= 0.3 is 0 Å². The van der Waals surface area contributed by atoms with Gasteiger partial charge in [-0.05, 0) is 0 Å². The first-order valence-electron chi connectivity index (χ1n) is 2.76. The van der Waals surface area contributed by atoms with Crippen LogP contribution in [0.15, 0.2) is 12.7 Å². The quantitative estimate of drug-likeness (QED) is 0.308. The zero-order valence-electron chi connectivity index (χ0n) is 5.30. The molecule has 0 amide bonds. The van der Waals surface area contributed by atoms with Crippen molar-refractivity contribution in [3.05, 3.63) is 12.7 Å². The van der Waals surface area contributed by atoms with Crippen molar-refractivity contribution in [2.24, 2.45) is 0 Å². The molecule has 0 aromatic rings. The molecule has 0 heterocycles. The van der Waals surface area contributed by atoms with Crippen molar-refractivity contribution in [2.75, 3.05) is 13.1 Å². The summed E-state index contributed by atoms with van der Waals surface area (Å²) in [5, 5.41) is 11.7. The van der Waals surface area contributed by atoms with Crippen molar-refractivity contribution in [2.45, 2.75) is 6.10 Å². The number of hydrogen-bond donors (Lipinski definition) is 2. The molecule has 2 heteroatoms. The van der Waals surface area contributed by atoms with Crippen LogP contribution in [-0.2, 0) is 0 Å². The molecule has 0 aliphatic carbocycles. The fourth-order valence-corrected chi connectivity index (χ4v) is 0.376. The van der Waals surface area contributed by atoms with Gasteiger partial charge in [-0.15, -0.1) is 13.0 Å². The van der Waals surface area contributed by atoms with Gasteiger partial charge in [-0.1, -0.05) is 12.0 Å². The lowest BCUT2D eigenvalue weighted by molar-refractivity contribution is 0.221. The number of hydrogen-bond acceptors (Lipinski definition) is 2. The van der Waals surface area contributed by atoms with Crippen molar-refractivity contribution in [1.82, 2.24) is 5.32 Å². The van der Waals surface area contributed by atoms with E-state index in [9.17, 15) is 0 Å². The average molecular weight is 125 g/mol. The first-order chi connectivity index (χ1) is 4.31. The molecule has 2 N–H and O–H groups in total. The molecule has 2 nitrogen and oxygen atoms in total. The minimum atomic E-state index is -0.488. The molecule has 0 saturated heterocycles. The molecule has 0 saturated carbocycles. The summed E-state index contributed by atoms with van der Waals surface area (Å²) < 4.78 is 0. The van der Waals surface area contributed by atoms with E-state index in [0.29, 0.717) is 13.1 Å². The fraction of sp³-hybridized carbons (Fsp3) is 0.429. The van der Waals surface area contributed by atoms with E-state index in [1.54, 1.807) is 0 Å². The lowest BCUT2D eigenvalue weighted by atomic mass is 10.3. The van der Waals surface area contributed by atoms with E-state index in [-0.39, 0.29) is 0 Å². The smallest absolute Gasteiger partial charge is 0.0843 e. The number of aliphatic hydroxyl groups excluding tert-OH is 1. The van der Waals surface area contributed by atoms with Gasteiger partial charge in [0.2, 0.25) is 0 Å². The van der Waals surface area contributed by atoms with Gasteiger partial charge in [-0.3, -0.25) is 0 Å². The SMILES string of the molecule is C#CCNCC(O)C=C. The van der Waals surface area contributed by atoms with Gasteiger partial charge in [0.05, 0.1) is 12.6 Å². The van der Waals surface area contributed by atoms with Crippen LogP contribution < -0.4 is 5.32 Å². The topological polar surface area (TPSA) is 32.3 Å². The second-order valence-corrected chi connectivity index (χ2v) is 1.64. The zero-order chi connectivity index (χ0) is 7.11. The fourth-order valence-electron chi connectivity index (χ4n) is 0.376. The third-order valence-corrected chi connectivity index (χ3v) is 0.853. The highest BCUT2D eigenvalue weighted by molar-refractivity contribution is 4.88. The Morgan fingerprint density at radius 3 is 3.00 bits per heavy atom. The van der Waals surface area contributed by atoms with E-state index in [4.69, 9.17) is 11.5 Å². The summed E-state index contributed by atoms with van der Waals surface area (Å²) in [6, 6.07) is 0. The Balaban J connectivity index is 3.08. The molecular formula is C7H11NO. The Morgan fingerprint density at radius 2 is 2.56 bits per heavy atom. The monoisotopic (exact) mass is 125 g/mol. The standard InChI is InChI=1S/C7H11NO/c1-3-5-8-6-7(9)4-2/h1,4,7-9H,2,5-6H2. The van der Waals surface area contributed by atoms with Gasteiger partial charge in [-0.25, -0.2) is 0 Å². The molecular weight excluding hydrogens is 114 g/mol. The highest BCUT2D eigenvalue weighted by Crippen LogP contribution is 1.77. The summed E-state index contributed by atoms with van der Waals surface area (Å²) >= 11 is 0. The van der Waals surface area contributed by atoms with Crippen molar-refractivity contribution in [1.29, 1.82) is 0 Å². The van der Waals surface area contributed by atoms with Gasteiger partial charge in [0, 0.05) is 6.54 Å². The molecule has 0 radical (unpaired) electrons. The van der Waals surface area contributed by atoms with E-state index in [2.05, 4.69) is 17.8 Å². The molecule has 0 bridgehead atoms. The van der Waals surface area contributed by atoms with E-state index >= 15 is 0 Å². The molecule has 0 aromatic heterocycles. The van der Waals surface area contributed by atoms with Crippen LogP contribution >= 0.6 is 0 Å². The predicted octanol–water partition coefficient (Wildman–Crippen LogP) is -0.244. The Bertz CT molecular complexity index is 115. The largest absolute Gasteiger partial charge is 0.388 e. The molecule has 0 spiro atoms. The van der Waals surface area contributed by atoms with Gasteiger partial charge in [-0.2, -0.15) is 0 Å². The Hall–Kier alpha value is -0.780. The van der Waals surface area contributed by atoms with Crippen LogP contribution in [-0.4, -0.2) is 24.3 Å². The molecule has 0 aliphatic rings. The minimum absolute atomic E-state index is 0.480. The first kappa shape index (κ1) is 8.22.